The van der Waals surface area contributed by atoms with Gasteiger partial charge in [0.15, 0.2) is 0 Å². The van der Waals surface area contributed by atoms with Crippen molar-refractivity contribution < 1.29 is 19.4 Å². The zero-order valence-corrected chi connectivity index (χ0v) is 32.8. The SMILES string of the molecule is CC/C=C\C/C=C\C/C=C\C/C=C\C/C=C\C/C=C\C/C=C\CCCC(=O)OC(CO)COCCCCCCCC/C=C\C/C=C\CCCCC. The van der Waals surface area contributed by atoms with Crippen molar-refractivity contribution in [3.8, 4) is 0 Å². The average molecular weight is 705 g/mol. The van der Waals surface area contributed by atoms with Crippen LogP contribution in [0.3, 0.4) is 0 Å². The molecule has 0 aliphatic carbocycles. The van der Waals surface area contributed by atoms with Crippen LogP contribution in [0.2, 0.25) is 0 Å². The highest BCUT2D eigenvalue weighted by Crippen LogP contribution is 2.09. The van der Waals surface area contributed by atoms with Crippen LogP contribution in [-0.2, 0) is 14.3 Å². The van der Waals surface area contributed by atoms with Gasteiger partial charge in [-0.1, -0.05) is 162 Å². The maximum absolute atomic E-state index is 12.2. The van der Waals surface area contributed by atoms with Crippen molar-refractivity contribution in [1.82, 2.24) is 0 Å². The summed E-state index contributed by atoms with van der Waals surface area (Å²) < 4.78 is 11.1. The van der Waals surface area contributed by atoms with E-state index in [0.717, 1.165) is 77.0 Å². The number of rotatable bonds is 36. The molecule has 0 aromatic carbocycles. The van der Waals surface area contributed by atoms with Crippen molar-refractivity contribution in [2.45, 2.75) is 161 Å². The third kappa shape index (κ3) is 41.4. The predicted octanol–water partition coefficient (Wildman–Crippen LogP) is 13.5. The predicted molar refractivity (Wildman–Crippen MR) is 223 cm³/mol. The van der Waals surface area contributed by atoms with Gasteiger partial charge in [-0.3, -0.25) is 4.79 Å². The minimum atomic E-state index is -0.578. The fourth-order valence-electron chi connectivity index (χ4n) is 5.05. The Labute approximate surface area is 315 Å². The van der Waals surface area contributed by atoms with Gasteiger partial charge in [-0.25, -0.2) is 0 Å². The van der Waals surface area contributed by atoms with Crippen LogP contribution in [0.25, 0.3) is 0 Å². The van der Waals surface area contributed by atoms with Crippen LogP contribution in [0.5, 0.6) is 0 Å². The van der Waals surface area contributed by atoms with Gasteiger partial charge < -0.3 is 14.6 Å². The number of unbranched alkanes of at least 4 members (excludes halogenated alkanes) is 10. The van der Waals surface area contributed by atoms with Crippen molar-refractivity contribution in [3.05, 3.63) is 109 Å². The lowest BCUT2D eigenvalue weighted by Gasteiger charge is -2.15. The fraction of sp³-hybridized carbons (Fsp3) is 0.596. The number of ether oxygens (including phenoxy) is 2. The summed E-state index contributed by atoms with van der Waals surface area (Å²) in [7, 11) is 0. The second kappa shape index (κ2) is 43.2. The van der Waals surface area contributed by atoms with E-state index in [1.807, 2.05) is 0 Å². The molecular weight excluding hydrogens is 629 g/mol. The second-order valence-electron chi connectivity index (χ2n) is 13.0. The minimum Gasteiger partial charge on any atom is -0.457 e. The molecule has 0 rings (SSSR count). The highest BCUT2D eigenvalue weighted by Gasteiger charge is 2.13. The fourth-order valence-corrected chi connectivity index (χ4v) is 5.05. The van der Waals surface area contributed by atoms with E-state index >= 15 is 0 Å². The molecule has 0 aromatic heterocycles. The Morgan fingerprint density at radius 1 is 0.490 bits per heavy atom. The first-order valence-electron chi connectivity index (χ1n) is 20.5. The first-order chi connectivity index (χ1) is 25.2. The number of aliphatic hydroxyl groups excluding tert-OH is 1. The summed E-state index contributed by atoms with van der Waals surface area (Å²) in [5, 5.41) is 9.58. The molecule has 4 nitrogen and oxygen atoms in total. The molecule has 0 radical (unpaired) electrons. The van der Waals surface area contributed by atoms with Gasteiger partial charge in [0.2, 0.25) is 0 Å². The topological polar surface area (TPSA) is 55.8 Å². The molecule has 0 saturated heterocycles. The molecule has 0 fully saturated rings. The number of hydrogen-bond acceptors (Lipinski definition) is 4. The van der Waals surface area contributed by atoms with Gasteiger partial charge >= 0.3 is 5.97 Å². The minimum absolute atomic E-state index is 0.207. The molecule has 0 aliphatic rings. The van der Waals surface area contributed by atoms with Gasteiger partial charge in [0.25, 0.3) is 0 Å². The first-order valence-corrected chi connectivity index (χ1v) is 20.5. The van der Waals surface area contributed by atoms with E-state index in [9.17, 15) is 9.90 Å². The number of carbonyl (C=O) groups is 1. The lowest BCUT2D eigenvalue weighted by atomic mass is 10.1. The largest absolute Gasteiger partial charge is 0.457 e. The van der Waals surface area contributed by atoms with Crippen LogP contribution < -0.4 is 0 Å². The third-order valence-corrected chi connectivity index (χ3v) is 8.08. The summed E-state index contributed by atoms with van der Waals surface area (Å²) in [4.78, 5) is 12.2. The smallest absolute Gasteiger partial charge is 0.306 e. The lowest BCUT2D eigenvalue weighted by Crippen LogP contribution is -2.27. The number of esters is 1. The van der Waals surface area contributed by atoms with E-state index in [1.54, 1.807) is 0 Å². The molecule has 1 atom stereocenters. The Morgan fingerprint density at radius 2 is 0.882 bits per heavy atom. The van der Waals surface area contributed by atoms with E-state index in [4.69, 9.17) is 9.47 Å². The van der Waals surface area contributed by atoms with Crippen molar-refractivity contribution in [3.63, 3.8) is 0 Å². The van der Waals surface area contributed by atoms with Gasteiger partial charge in [0.1, 0.15) is 6.10 Å². The second-order valence-corrected chi connectivity index (χ2v) is 13.0. The van der Waals surface area contributed by atoms with Crippen molar-refractivity contribution in [1.29, 1.82) is 0 Å². The maximum atomic E-state index is 12.2. The van der Waals surface area contributed by atoms with E-state index < -0.39 is 6.10 Å². The standard InChI is InChI=1S/C47H76O4/c1-3-5-7-9-11-13-15-17-19-21-22-23-24-25-26-27-28-30-32-34-36-38-40-42-47(49)51-46(44-48)45-50-43-41-39-37-35-33-31-29-20-18-16-14-12-10-8-6-4-2/h5,7,11-14,17-20,22-23,25-26,28,30,34,36,46,48H,3-4,6,8-10,15-16,21,24,27,29,31-33,35,37-45H2,1-2H3/b7-5-,13-11-,14-12-,19-17-,20-18-,23-22-,26-25-,30-28-,36-34-. The van der Waals surface area contributed by atoms with Gasteiger partial charge in [0.05, 0.1) is 13.2 Å². The monoisotopic (exact) mass is 705 g/mol. The summed E-state index contributed by atoms with van der Waals surface area (Å²) in [5.74, 6) is -0.267. The summed E-state index contributed by atoms with van der Waals surface area (Å²) in [6.07, 6.45) is 62.8. The lowest BCUT2D eigenvalue weighted by molar-refractivity contribution is -0.154. The van der Waals surface area contributed by atoms with Crippen LogP contribution in [0.1, 0.15) is 155 Å². The van der Waals surface area contributed by atoms with Crippen molar-refractivity contribution in [2.75, 3.05) is 19.8 Å². The summed E-state index contributed by atoms with van der Waals surface area (Å²) >= 11 is 0. The van der Waals surface area contributed by atoms with E-state index in [2.05, 4.69) is 123 Å². The quantitative estimate of drug-likeness (QED) is 0.0401. The van der Waals surface area contributed by atoms with E-state index in [0.29, 0.717) is 13.0 Å². The van der Waals surface area contributed by atoms with Crippen LogP contribution in [-0.4, -0.2) is 37.0 Å². The molecule has 0 amide bonds. The number of allylic oxidation sites excluding steroid dienone is 18. The molecule has 0 aliphatic heterocycles. The molecular formula is C47H76O4. The number of carbonyl (C=O) groups excluding carboxylic acids is 1. The molecule has 0 aromatic rings. The Balaban J connectivity index is 3.65. The Morgan fingerprint density at radius 3 is 1.33 bits per heavy atom. The Kier molecular flexibility index (Phi) is 40.7. The van der Waals surface area contributed by atoms with Crippen LogP contribution >= 0.6 is 0 Å². The molecule has 1 unspecified atom stereocenters. The number of hydrogen-bond donors (Lipinski definition) is 1. The van der Waals surface area contributed by atoms with E-state index in [-0.39, 0.29) is 19.2 Å². The average Bonchev–Trinajstić information content (AvgIpc) is 3.14. The van der Waals surface area contributed by atoms with Crippen molar-refractivity contribution in [2.24, 2.45) is 0 Å². The summed E-state index contributed by atoms with van der Waals surface area (Å²) in [5.41, 5.74) is 0. The highest BCUT2D eigenvalue weighted by molar-refractivity contribution is 5.69. The Hall–Kier alpha value is -2.95. The van der Waals surface area contributed by atoms with Crippen molar-refractivity contribution >= 4 is 5.97 Å². The molecule has 0 saturated carbocycles. The molecule has 288 valence electrons. The zero-order valence-electron chi connectivity index (χ0n) is 32.8. The van der Waals surface area contributed by atoms with Gasteiger partial charge in [0, 0.05) is 13.0 Å². The Bertz CT molecular complexity index is 1010. The van der Waals surface area contributed by atoms with Gasteiger partial charge in [-0.15, -0.1) is 0 Å². The first kappa shape index (κ1) is 48.0. The molecule has 1 N–H and O–H groups in total. The third-order valence-electron chi connectivity index (χ3n) is 8.08. The molecule has 4 heteroatoms. The van der Waals surface area contributed by atoms with Gasteiger partial charge in [-0.2, -0.15) is 0 Å². The summed E-state index contributed by atoms with van der Waals surface area (Å²) in [6, 6.07) is 0. The molecule has 51 heavy (non-hydrogen) atoms. The summed E-state index contributed by atoms with van der Waals surface area (Å²) in [6.45, 7) is 5.10. The number of aliphatic hydroxyl groups is 1. The zero-order chi connectivity index (χ0) is 37.0. The van der Waals surface area contributed by atoms with Crippen LogP contribution in [0.4, 0.5) is 0 Å². The molecule has 0 bridgehead atoms. The van der Waals surface area contributed by atoms with Crippen LogP contribution in [0, 0.1) is 0 Å². The molecule has 0 spiro atoms. The van der Waals surface area contributed by atoms with E-state index in [1.165, 1.54) is 57.8 Å². The van der Waals surface area contributed by atoms with Crippen LogP contribution in [0.15, 0.2) is 109 Å². The van der Waals surface area contributed by atoms with Gasteiger partial charge in [-0.05, 0) is 96.3 Å². The molecule has 0 heterocycles. The maximum Gasteiger partial charge on any atom is 0.306 e. The normalized spacial score (nSPS) is 13.5. The highest BCUT2D eigenvalue weighted by atomic mass is 16.6.